The Bertz CT molecular complexity index is 419. The molecule has 0 saturated heterocycles. The number of carboxylic acids is 1. The number of carbonyl (C=O) groups excluding carboxylic acids is 1. The first-order valence-corrected chi connectivity index (χ1v) is 6.61. The predicted octanol–water partition coefficient (Wildman–Crippen LogP) is 0.833. The molecule has 7 heteroatoms. The van der Waals surface area contributed by atoms with Gasteiger partial charge in [0.1, 0.15) is 10.7 Å². The molecule has 0 aromatic carbocycles. The fourth-order valence-corrected chi connectivity index (χ4v) is 2.13. The summed E-state index contributed by atoms with van der Waals surface area (Å²) < 4.78 is 0. The van der Waals surface area contributed by atoms with Crippen molar-refractivity contribution in [3.8, 4) is 0 Å². The first-order chi connectivity index (χ1) is 8.58. The van der Waals surface area contributed by atoms with Crippen molar-refractivity contribution in [2.75, 3.05) is 6.54 Å². The second kappa shape index (κ2) is 7.07. The van der Waals surface area contributed by atoms with Crippen LogP contribution in [0.4, 0.5) is 0 Å². The number of thiazole rings is 1. The van der Waals surface area contributed by atoms with Crippen molar-refractivity contribution in [1.82, 2.24) is 10.3 Å². The van der Waals surface area contributed by atoms with Gasteiger partial charge in [0.05, 0.1) is 5.92 Å². The summed E-state index contributed by atoms with van der Waals surface area (Å²) in [7, 11) is 0. The summed E-state index contributed by atoms with van der Waals surface area (Å²) in [6.45, 7) is 2.33. The zero-order valence-electron chi connectivity index (χ0n) is 10.2. The van der Waals surface area contributed by atoms with Gasteiger partial charge < -0.3 is 16.2 Å². The van der Waals surface area contributed by atoms with Crippen LogP contribution in [0.25, 0.3) is 0 Å². The predicted molar refractivity (Wildman–Crippen MR) is 68.4 cm³/mol. The Morgan fingerprint density at radius 1 is 1.61 bits per heavy atom. The Hall–Kier alpha value is -1.47. The van der Waals surface area contributed by atoms with E-state index in [-0.39, 0.29) is 12.5 Å². The summed E-state index contributed by atoms with van der Waals surface area (Å²) in [5.74, 6) is -1.79. The molecule has 0 bridgehead atoms. The topological polar surface area (TPSA) is 105 Å². The lowest BCUT2D eigenvalue weighted by Gasteiger charge is -2.11. The monoisotopic (exact) mass is 271 g/mol. The summed E-state index contributed by atoms with van der Waals surface area (Å²) in [5.41, 5.74) is 5.70. The lowest BCUT2D eigenvalue weighted by Crippen LogP contribution is -2.33. The maximum Gasteiger partial charge on any atom is 0.308 e. The van der Waals surface area contributed by atoms with E-state index < -0.39 is 11.9 Å². The van der Waals surface area contributed by atoms with E-state index in [1.54, 1.807) is 5.38 Å². The highest BCUT2D eigenvalue weighted by Gasteiger charge is 2.18. The van der Waals surface area contributed by atoms with Crippen molar-refractivity contribution >= 4 is 23.2 Å². The maximum atomic E-state index is 11.7. The molecule has 1 heterocycles. The van der Waals surface area contributed by atoms with Gasteiger partial charge in [-0.05, 0) is 6.42 Å². The Morgan fingerprint density at radius 3 is 2.83 bits per heavy atom. The molecule has 1 unspecified atom stereocenters. The van der Waals surface area contributed by atoms with Gasteiger partial charge in [-0.2, -0.15) is 0 Å². The molecule has 0 aliphatic rings. The molecule has 1 aromatic heterocycles. The summed E-state index contributed by atoms with van der Waals surface area (Å²) in [6.07, 6.45) is 1.31. The van der Waals surface area contributed by atoms with Gasteiger partial charge in [-0.15, -0.1) is 11.3 Å². The van der Waals surface area contributed by atoms with E-state index in [0.717, 1.165) is 6.42 Å². The van der Waals surface area contributed by atoms with Crippen LogP contribution < -0.4 is 11.1 Å². The molecule has 0 aliphatic carbocycles. The van der Waals surface area contributed by atoms with E-state index in [0.29, 0.717) is 23.7 Å². The fraction of sp³-hybridized carbons (Fsp3) is 0.545. The molecule has 0 fully saturated rings. The number of nitrogens with zero attached hydrogens (tertiary/aromatic N) is 1. The van der Waals surface area contributed by atoms with Crippen molar-refractivity contribution in [2.24, 2.45) is 11.7 Å². The number of hydrogen-bond donors (Lipinski definition) is 3. The highest BCUT2D eigenvalue weighted by Crippen LogP contribution is 2.09. The molecular weight excluding hydrogens is 254 g/mol. The summed E-state index contributed by atoms with van der Waals surface area (Å²) in [6, 6.07) is 0. The summed E-state index contributed by atoms with van der Waals surface area (Å²) in [4.78, 5) is 26.6. The van der Waals surface area contributed by atoms with Crippen LogP contribution in [0, 0.1) is 5.92 Å². The molecule has 1 atom stereocenters. The van der Waals surface area contributed by atoms with E-state index in [1.807, 2.05) is 6.92 Å². The fourth-order valence-electron chi connectivity index (χ4n) is 1.48. The number of aromatic nitrogens is 1. The third-order valence-electron chi connectivity index (χ3n) is 2.45. The molecule has 1 rings (SSSR count). The minimum absolute atomic E-state index is 0.123. The van der Waals surface area contributed by atoms with Crippen LogP contribution in [-0.4, -0.2) is 28.5 Å². The van der Waals surface area contributed by atoms with Gasteiger partial charge in [0.2, 0.25) is 0 Å². The highest BCUT2D eigenvalue weighted by atomic mass is 32.1. The van der Waals surface area contributed by atoms with Crippen molar-refractivity contribution in [3.63, 3.8) is 0 Å². The average molecular weight is 271 g/mol. The van der Waals surface area contributed by atoms with Crippen molar-refractivity contribution in [3.05, 3.63) is 16.1 Å². The molecular formula is C11H17N3O3S. The smallest absolute Gasteiger partial charge is 0.308 e. The Morgan fingerprint density at radius 2 is 2.33 bits per heavy atom. The van der Waals surface area contributed by atoms with E-state index in [1.165, 1.54) is 11.3 Å². The number of nitrogens with one attached hydrogen (secondary N) is 1. The molecule has 0 aliphatic heterocycles. The Kier molecular flexibility index (Phi) is 5.73. The SMILES string of the molecule is CCCC(CNC(=O)c1csc(CN)n1)C(=O)O. The molecule has 0 radical (unpaired) electrons. The van der Waals surface area contributed by atoms with E-state index in [2.05, 4.69) is 10.3 Å². The zero-order chi connectivity index (χ0) is 13.5. The third kappa shape index (κ3) is 4.08. The van der Waals surface area contributed by atoms with Crippen molar-refractivity contribution in [2.45, 2.75) is 26.3 Å². The minimum atomic E-state index is -0.891. The molecule has 100 valence electrons. The average Bonchev–Trinajstić information content (AvgIpc) is 2.82. The second-order valence-corrected chi connectivity index (χ2v) is 4.81. The number of carboxylic acid groups (broad SMARTS) is 1. The van der Waals surface area contributed by atoms with Crippen LogP contribution in [0.3, 0.4) is 0 Å². The maximum absolute atomic E-state index is 11.7. The Balaban J connectivity index is 2.51. The summed E-state index contributed by atoms with van der Waals surface area (Å²) >= 11 is 1.32. The number of hydrogen-bond acceptors (Lipinski definition) is 5. The van der Waals surface area contributed by atoms with Crippen LogP contribution in [0.1, 0.15) is 35.3 Å². The van der Waals surface area contributed by atoms with Gasteiger partial charge in [0, 0.05) is 18.5 Å². The van der Waals surface area contributed by atoms with Gasteiger partial charge >= 0.3 is 5.97 Å². The van der Waals surface area contributed by atoms with Gasteiger partial charge in [-0.25, -0.2) is 4.98 Å². The molecule has 4 N–H and O–H groups in total. The highest BCUT2D eigenvalue weighted by molar-refractivity contribution is 7.09. The number of amides is 1. The van der Waals surface area contributed by atoms with Crippen molar-refractivity contribution in [1.29, 1.82) is 0 Å². The lowest BCUT2D eigenvalue weighted by atomic mass is 10.0. The molecule has 6 nitrogen and oxygen atoms in total. The van der Waals surface area contributed by atoms with Gasteiger partial charge in [0.15, 0.2) is 0 Å². The van der Waals surface area contributed by atoms with Gasteiger partial charge in [-0.1, -0.05) is 13.3 Å². The molecule has 0 saturated carbocycles. The largest absolute Gasteiger partial charge is 0.481 e. The lowest BCUT2D eigenvalue weighted by molar-refractivity contribution is -0.141. The van der Waals surface area contributed by atoms with E-state index >= 15 is 0 Å². The van der Waals surface area contributed by atoms with E-state index in [9.17, 15) is 9.59 Å². The number of rotatable bonds is 7. The quantitative estimate of drug-likeness (QED) is 0.681. The van der Waals surface area contributed by atoms with Gasteiger partial charge in [0.25, 0.3) is 5.91 Å². The minimum Gasteiger partial charge on any atom is -0.481 e. The number of nitrogens with two attached hydrogens (primary N) is 1. The van der Waals surface area contributed by atoms with Crippen LogP contribution >= 0.6 is 11.3 Å². The standard InChI is InChI=1S/C11H17N3O3S/c1-2-3-7(11(16)17)5-13-10(15)8-6-18-9(4-12)14-8/h6-7H,2-5,12H2,1H3,(H,13,15)(H,16,17). The number of carbonyl (C=O) groups is 2. The van der Waals surface area contributed by atoms with Crippen LogP contribution in [0.5, 0.6) is 0 Å². The normalized spacial score (nSPS) is 12.1. The Labute approximate surface area is 109 Å². The van der Waals surface area contributed by atoms with Crippen LogP contribution in [0.2, 0.25) is 0 Å². The zero-order valence-corrected chi connectivity index (χ0v) is 11.0. The van der Waals surface area contributed by atoms with Crippen LogP contribution in [0.15, 0.2) is 5.38 Å². The molecule has 1 aromatic rings. The van der Waals surface area contributed by atoms with Crippen molar-refractivity contribution < 1.29 is 14.7 Å². The third-order valence-corrected chi connectivity index (χ3v) is 3.33. The van der Waals surface area contributed by atoms with E-state index in [4.69, 9.17) is 10.8 Å². The molecule has 18 heavy (non-hydrogen) atoms. The second-order valence-electron chi connectivity index (χ2n) is 3.86. The summed E-state index contributed by atoms with van der Waals surface area (Å²) in [5, 5.41) is 13.8. The first kappa shape index (κ1) is 14.6. The molecule has 0 spiro atoms. The molecule has 1 amide bonds. The number of aliphatic carboxylic acids is 1. The van der Waals surface area contributed by atoms with Crippen LogP contribution in [-0.2, 0) is 11.3 Å². The first-order valence-electron chi connectivity index (χ1n) is 5.74. The van der Waals surface area contributed by atoms with Gasteiger partial charge in [-0.3, -0.25) is 9.59 Å².